The molecule has 0 aliphatic carbocycles. The summed E-state index contributed by atoms with van der Waals surface area (Å²) in [5.41, 5.74) is 4.35. The molecule has 0 saturated heterocycles. The molecule has 2 aromatic carbocycles. The number of sulfonamides is 2. The highest BCUT2D eigenvalue weighted by Gasteiger charge is 2.22. The van der Waals surface area contributed by atoms with E-state index in [2.05, 4.69) is 9.80 Å². The van der Waals surface area contributed by atoms with Crippen molar-refractivity contribution in [3.63, 3.8) is 0 Å². The summed E-state index contributed by atoms with van der Waals surface area (Å²) in [6.07, 6.45) is 1.75. The summed E-state index contributed by atoms with van der Waals surface area (Å²) in [4.78, 5) is 4.93. The van der Waals surface area contributed by atoms with E-state index in [1.165, 1.54) is 11.1 Å². The van der Waals surface area contributed by atoms with Gasteiger partial charge < -0.3 is 0 Å². The molecule has 0 unspecified atom stereocenters. The van der Waals surface area contributed by atoms with Crippen molar-refractivity contribution >= 4 is 20.0 Å². The summed E-state index contributed by atoms with van der Waals surface area (Å²) in [5.74, 6) is 0. The van der Waals surface area contributed by atoms with Gasteiger partial charge in [-0.3, -0.25) is 9.80 Å². The number of nitrogens with zero attached hydrogens (tertiary/aromatic N) is 2. The van der Waals surface area contributed by atoms with Crippen LogP contribution in [0.5, 0.6) is 0 Å². The molecule has 4 rings (SSSR count). The van der Waals surface area contributed by atoms with E-state index in [9.17, 15) is 16.8 Å². The molecule has 30 heavy (non-hydrogen) atoms. The first-order chi connectivity index (χ1) is 14.1. The molecule has 2 aliphatic heterocycles. The fraction of sp³-hybridized carbons (Fsp3) is 0.400. The van der Waals surface area contributed by atoms with Crippen LogP contribution in [0.2, 0.25) is 0 Å². The van der Waals surface area contributed by atoms with E-state index in [4.69, 9.17) is 10.3 Å². The van der Waals surface area contributed by atoms with Crippen LogP contribution in [0.15, 0.2) is 46.2 Å². The molecule has 0 amide bonds. The van der Waals surface area contributed by atoms with Gasteiger partial charge >= 0.3 is 0 Å². The van der Waals surface area contributed by atoms with E-state index in [0.29, 0.717) is 13.1 Å². The zero-order chi connectivity index (χ0) is 21.5. The maximum Gasteiger partial charge on any atom is 0.238 e. The number of benzene rings is 2. The van der Waals surface area contributed by atoms with Crippen molar-refractivity contribution in [2.45, 2.75) is 35.7 Å². The molecule has 2 aromatic rings. The lowest BCUT2D eigenvalue weighted by Crippen LogP contribution is -2.40. The smallest absolute Gasteiger partial charge is 0.238 e. The molecule has 0 aromatic heterocycles. The Balaban J connectivity index is 1.40. The zero-order valence-corrected chi connectivity index (χ0v) is 18.3. The van der Waals surface area contributed by atoms with Crippen LogP contribution in [0.25, 0.3) is 0 Å². The van der Waals surface area contributed by atoms with Gasteiger partial charge in [-0.2, -0.15) is 0 Å². The van der Waals surface area contributed by atoms with Crippen LogP contribution in [0, 0.1) is 0 Å². The average Bonchev–Trinajstić information content (AvgIpc) is 2.69. The highest BCUT2D eigenvalue weighted by molar-refractivity contribution is 7.89. The van der Waals surface area contributed by atoms with Crippen molar-refractivity contribution in [3.8, 4) is 0 Å². The number of primary sulfonamides is 2. The highest BCUT2D eigenvalue weighted by atomic mass is 32.2. The van der Waals surface area contributed by atoms with E-state index in [1.807, 2.05) is 12.1 Å². The van der Waals surface area contributed by atoms with Crippen molar-refractivity contribution in [1.82, 2.24) is 9.80 Å². The van der Waals surface area contributed by atoms with Gasteiger partial charge in [0.05, 0.1) is 9.79 Å². The quantitative estimate of drug-likeness (QED) is 0.679. The molecule has 0 bridgehead atoms. The Kier molecular flexibility index (Phi) is 5.73. The molecule has 4 N–H and O–H groups in total. The molecule has 10 heteroatoms. The van der Waals surface area contributed by atoms with E-state index in [1.54, 1.807) is 24.3 Å². The van der Waals surface area contributed by atoms with Crippen molar-refractivity contribution in [3.05, 3.63) is 58.7 Å². The number of rotatable bonds is 5. The van der Waals surface area contributed by atoms with Gasteiger partial charge in [0, 0.05) is 39.3 Å². The van der Waals surface area contributed by atoms with Crippen LogP contribution in [-0.4, -0.2) is 52.8 Å². The Morgan fingerprint density at radius 1 is 0.667 bits per heavy atom. The van der Waals surface area contributed by atoms with Gasteiger partial charge in [-0.25, -0.2) is 27.1 Å². The molecule has 0 fully saturated rings. The molecular formula is C20H26N4O4S2. The second kappa shape index (κ2) is 8.03. The Morgan fingerprint density at radius 2 is 1.07 bits per heavy atom. The standard InChI is InChI=1S/C20H26N4O4S2/c21-29(25,26)19-3-1-15-5-7-23(13-17(15)11-19)9-10-24-8-6-16-2-4-20(30(22,27)28)12-18(16)14-24/h1-4,11-12H,5-10,13-14H2,(H2,21,25,26)(H2,22,27,28). The summed E-state index contributed by atoms with van der Waals surface area (Å²) in [6, 6.07) is 10.2. The molecule has 2 aliphatic rings. The molecule has 0 atom stereocenters. The largest absolute Gasteiger partial charge is 0.297 e. The monoisotopic (exact) mass is 450 g/mol. The maximum atomic E-state index is 11.6. The van der Waals surface area contributed by atoms with Crippen molar-refractivity contribution in [1.29, 1.82) is 0 Å². The SMILES string of the molecule is NS(=O)(=O)c1ccc2c(c1)CN(CCN1CCc3ccc(S(N)(=O)=O)cc3C1)CC2. The number of fused-ring (bicyclic) bond motifs is 2. The van der Waals surface area contributed by atoms with E-state index < -0.39 is 20.0 Å². The van der Waals surface area contributed by atoms with Crippen LogP contribution >= 0.6 is 0 Å². The van der Waals surface area contributed by atoms with Crippen LogP contribution in [-0.2, 0) is 46.0 Å². The molecule has 2 heterocycles. The normalized spacial score (nSPS) is 18.1. The zero-order valence-electron chi connectivity index (χ0n) is 16.6. The van der Waals surface area contributed by atoms with Crippen LogP contribution in [0.1, 0.15) is 22.3 Å². The number of nitrogens with two attached hydrogens (primary N) is 2. The Morgan fingerprint density at radius 3 is 1.43 bits per heavy atom. The van der Waals surface area contributed by atoms with Crippen LogP contribution in [0.4, 0.5) is 0 Å². The third-order valence-electron chi connectivity index (χ3n) is 5.93. The highest BCUT2D eigenvalue weighted by Crippen LogP contribution is 2.24. The van der Waals surface area contributed by atoms with Gasteiger partial charge in [-0.15, -0.1) is 0 Å². The van der Waals surface area contributed by atoms with Crippen LogP contribution in [0.3, 0.4) is 0 Å². The predicted molar refractivity (Wildman–Crippen MR) is 114 cm³/mol. The number of hydrogen-bond donors (Lipinski definition) is 2. The van der Waals surface area contributed by atoms with Crippen molar-refractivity contribution < 1.29 is 16.8 Å². The number of hydrogen-bond acceptors (Lipinski definition) is 6. The second-order valence-corrected chi connectivity index (χ2v) is 11.1. The average molecular weight is 451 g/mol. The molecule has 0 radical (unpaired) electrons. The van der Waals surface area contributed by atoms with E-state index in [0.717, 1.165) is 50.1 Å². The van der Waals surface area contributed by atoms with Gasteiger partial charge in [0.1, 0.15) is 0 Å². The molecular weight excluding hydrogens is 424 g/mol. The van der Waals surface area contributed by atoms with E-state index in [-0.39, 0.29) is 9.79 Å². The Hall–Kier alpha value is -1.82. The minimum absolute atomic E-state index is 0.154. The predicted octanol–water partition coefficient (Wildman–Crippen LogP) is 0.398. The summed E-state index contributed by atoms with van der Waals surface area (Å²) < 4.78 is 46.5. The summed E-state index contributed by atoms with van der Waals surface area (Å²) in [7, 11) is -7.41. The fourth-order valence-electron chi connectivity index (χ4n) is 4.20. The summed E-state index contributed by atoms with van der Waals surface area (Å²) in [6.45, 7) is 4.92. The molecule has 0 spiro atoms. The van der Waals surface area contributed by atoms with Gasteiger partial charge in [-0.05, 0) is 59.4 Å². The van der Waals surface area contributed by atoms with Crippen LogP contribution < -0.4 is 10.3 Å². The molecule has 162 valence electrons. The van der Waals surface area contributed by atoms with Gasteiger partial charge in [0.25, 0.3) is 0 Å². The molecule has 0 saturated carbocycles. The van der Waals surface area contributed by atoms with Crippen molar-refractivity contribution in [2.24, 2.45) is 10.3 Å². The minimum Gasteiger partial charge on any atom is -0.297 e. The Bertz CT molecular complexity index is 1090. The third kappa shape index (κ3) is 4.74. The summed E-state index contributed by atoms with van der Waals surface area (Å²) >= 11 is 0. The van der Waals surface area contributed by atoms with E-state index >= 15 is 0 Å². The first-order valence-electron chi connectivity index (χ1n) is 9.83. The van der Waals surface area contributed by atoms with Gasteiger partial charge in [-0.1, -0.05) is 12.1 Å². The van der Waals surface area contributed by atoms with Gasteiger partial charge in [0.15, 0.2) is 0 Å². The summed E-state index contributed by atoms with van der Waals surface area (Å²) in [5, 5.41) is 10.5. The molecule has 8 nitrogen and oxygen atoms in total. The van der Waals surface area contributed by atoms with Crippen molar-refractivity contribution in [2.75, 3.05) is 26.2 Å². The minimum atomic E-state index is -3.70. The lowest BCUT2D eigenvalue weighted by molar-refractivity contribution is 0.183. The third-order valence-corrected chi connectivity index (χ3v) is 7.75. The lowest BCUT2D eigenvalue weighted by Gasteiger charge is -2.33. The first kappa shape index (κ1) is 21.4. The Labute approximate surface area is 177 Å². The lowest BCUT2D eigenvalue weighted by atomic mass is 9.99. The first-order valence-corrected chi connectivity index (χ1v) is 12.9. The second-order valence-electron chi connectivity index (χ2n) is 8.00. The van der Waals surface area contributed by atoms with Gasteiger partial charge in [0.2, 0.25) is 20.0 Å². The topological polar surface area (TPSA) is 127 Å². The maximum absolute atomic E-state index is 11.6. The fourth-order valence-corrected chi connectivity index (χ4v) is 5.33.